The standard InChI is InChI=1S/C16H22BBrO5/c1-15(2)16(3,4)23-17(22-15)11(9-14(20)21-5)10-6-7-13(19)12(18)8-10/h6-8,11,19H,9H2,1-5H3. The molecule has 1 unspecified atom stereocenters. The van der Waals surface area contributed by atoms with E-state index in [1.54, 1.807) is 18.2 Å². The number of phenolic OH excluding ortho intramolecular Hbond substituents is 1. The summed E-state index contributed by atoms with van der Waals surface area (Å²) in [6.07, 6.45) is 0.130. The van der Waals surface area contributed by atoms with Crippen LogP contribution in [0.25, 0.3) is 0 Å². The number of halogens is 1. The number of benzene rings is 1. The van der Waals surface area contributed by atoms with Gasteiger partial charge in [-0.25, -0.2) is 0 Å². The number of methoxy groups -OCH3 is 1. The Morgan fingerprint density at radius 3 is 2.35 bits per heavy atom. The molecule has 1 aliphatic rings. The highest BCUT2D eigenvalue weighted by Gasteiger charge is 2.54. The van der Waals surface area contributed by atoms with Crippen molar-refractivity contribution in [2.45, 2.75) is 51.1 Å². The summed E-state index contributed by atoms with van der Waals surface area (Å²) in [5, 5.41) is 9.68. The van der Waals surface area contributed by atoms with Crippen molar-refractivity contribution < 1.29 is 23.9 Å². The maximum atomic E-state index is 11.8. The van der Waals surface area contributed by atoms with Gasteiger partial charge >= 0.3 is 13.1 Å². The highest BCUT2D eigenvalue weighted by atomic mass is 79.9. The Balaban J connectivity index is 2.35. The first-order valence-electron chi connectivity index (χ1n) is 7.48. The van der Waals surface area contributed by atoms with Gasteiger partial charge in [0.1, 0.15) is 5.75 Å². The number of carbonyl (C=O) groups is 1. The van der Waals surface area contributed by atoms with Crippen LogP contribution in [0.3, 0.4) is 0 Å². The fourth-order valence-electron chi connectivity index (χ4n) is 2.44. The summed E-state index contributed by atoms with van der Waals surface area (Å²) >= 11 is 3.30. The fraction of sp³-hybridized carbons (Fsp3) is 0.562. The number of esters is 1. The van der Waals surface area contributed by atoms with Crippen LogP contribution >= 0.6 is 15.9 Å². The Labute approximate surface area is 145 Å². The molecule has 0 radical (unpaired) electrons. The van der Waals surface area contributed by atoms with Gasteiger partial charge in [0.05, 0.1) is 29.2 Å². The monoisotopic (exact) mass is 384 g/mol. The molecule has 5 nitrogen and oxygen atoms in total. The van der Waals surface area contributed by atoms with Gasteiger partial charge in [-0.2, -0.15) is 0 Å². The molecule has 126 valence electrons. The summed E-state index contributed by atoms with van der Waals surface area (Å²) in [5.41, 5.74) is -0.140. The van der Waals surface area contributed by atoms with E-state index in [4.69, 9.17) is 14.0 Å². The molecule has 1 aliphatic heterocycles. The van der Waals surface area contributed by atoms with E-state index in [1.165, 1.54) is 7.11 Å². The third-order valence-electron chi connectivity index (χ3n) is 4.61. The zero-order valence-electron chi connectivity index (χ0n) is 14.1. The maximum Gasteiger partial charge on any atom is 0.466 e. The lowest BCUT2D eigenvalue weighted by Gasteiger charge is -2.32. The molecule has 1 aromatic carbocycles. The van der Waals surface area contributed by atoms with Crippen LogP contribution in [-0.4, -0.2) is 36.5 Å². The molecule has 0 bridgehead atoms. The SMILES string of the molecule is COC(=O)CC(B1OC(C)(C)C(C)(C)O1)c1ccc(O)c(Br)c1. The second-order valence-corrected chi connectivity index (χ2v) is 7.58. The Bertz CT molecular complexity index is 586. The lowest BCUT2D eigenvalue weighted by molar-refractivity contribution is -0.140. The first kappa shape index (κ1) is 18.3. The largest absolute Gasteiger partial charge is 0.507 e. The minimum absolute atomic E-state index is 0.130. The summed E-state index contributed by atoms with van der Waals surface area (Å²) in [4.78, 5) is 11.8. The van der Waals surface area contributed by atoms with Crippen molar-refractivity contribution in [1.82, 2.24) is 0 Å². The van der Waals surface area contributed by atoms with E-state index in [0.29, 0.717) is 4.47 Å². The molecule has 1 aromatic rings. The van der Waals surface area contributed by atoms with Gasteiger partial charge in [-0.3, -0.25) is 4.79 Å². The molecule has 1 heterocycles. The van der Waals surface area contributed by atoms with Gasteiger partial charge in [-0.05, 0) is 61.3 Å². The molecule has 0 amide bonds. The number of rotatable bonds is 4. The molecular formula is C16H22BBrO5. The van der Waals surface area contributed by atoms with Crippen molar-refractivity contribution in [3.8, 4) is 5.75 Å². The average molecular weight is 385 g/mol. The lowest BCUT2D eigenvalue weighted by atomic mass is 9.66. The van der Waals surface area contributed by atoms with Crippen LogP contribution < -0.4 is 0 Å². The van der Waals surface area contributed by atoms with Gasteiger partial charge in [-0.15, -0.1) is 0 Å². The third-order valence-corrected chi connectivity index (χ3v) is 5.25. The number of carbonyl (C=O) groups excluding carboxylic acids is 1. The van der Waals surface area contributed by atoms with Crippen molar-refractivity contribution in [1.29, 1.82) is 0 Å². The van der Waals surface area contributed by atoms with E-state index in [1.807, 2.05) is 27.7 Å². The molecule has 0 aliphatic carbocycles. The van der Waals surface area contributed by atoms with Crippen molar-refractivity contribution in [3.63, 3.8) is 0 Å². The summed E-state index contributed by atoms with van der Waals surface area (Å²) in [5.74, 6) is -0.534. The Hall–Kier alpha value is -1.05. The minimum Gasteiger partial charge on any atom is -0.507 e. The van der Waals surface area contributed by atoms with Crippen molar-refractivity contribution >= 4 is 29.0 Å². The maximum absolute atomic E-state index is 11.8. The van der Waals surface area contributed by atoms with Gasteiger partial charge < -0.3 is 19.2 Å². The van der Waals surface area contributed by atoms with Gasteiger partial charge in [0.25, 0.3) is 0 Å². The zero-order chi connectivity index (χ0) is 17.4. The number of phenols is 1. The summed E-state index contributed by atoms with van der Waals surface area (Å²) in [6.45, 7) is 7.87. The van der Waals surface area contributed by atoms with Gasteiger partial charge in [0.15, 0.2) is 0 Å². The predicted octanol–water partition coefficient (Wildman–Crippen LogP) is 3.43. The molecule has 1 fully saturated rings. The van der Waals surface area contributed by atoms with Crippen LogP contribution in [0.4, 0.5) is 0 Å². The van der Waals surface area contributed by atoms with Crippen LogP contribution in [0.15, 0.2) is 22.7 Å². The molecule has 7 heteroatoms. The fourth-order valence-corrected chi connectivity index (χ4v) is 2.84. The molecule has 1 saturated heterocycles. The van der Waals surface area contributed by atoms with E-state index in [-0.39, 0.29) is 24.0 Å². The van der Waals surface area contributed by atoms with Crippen molar-refractivity contribution in [2.24, 2.45) is 0 Å². The smallest absolute Gasteiger partial charge is 0.466 e. The third kappa shape index (κ3) is 3.73. The van der Waals surface area contributed by atoms with Crippen LogP contribution in [0, 0.1) is 0 Å². The summed E-state index contributed by atoms with van der Waals surface area (Å²) < 4.78 is 17.5. The van der Waals surface area contributed by atoms with Gasteiger partial charge in [0, 0.05) is 5.82 Å². The second kappa shape index (κ2) is 6.45. The highest BCUT2D eigenvalue weighted by molar-refractivity contribution is 9.10. The quantitative estimate of drug-likeness (QED) is 0.636. The van der Waals surface area contributed by atoms with Gasteiger partial charge in [-0.1, -0.05) is 6.07 Å². The van der Waals surface area contributed by atoms with E-state index < -0.39 is 18.3 Å². The van der Waals surface area contributed by atoms with E-state index in [2.05, 4.69) is 15.9 Å². The number of hydrogen-bond donors (Lipinski definition) is 1. The second-order valence-electron chi connectivity index (χ2n) is 6.72. The van der Waals surface area contributed by atoms with E-state index in [9.17, 15) is 9.90 Å². The first-order valence-corrected chi connectivity index (χ1v) is 8.27. The van der Waals surface area contributed by atoms with E-state index >= 15 is 0 Å². The number of ether oxygens (including phenoxy) is 1. The average Bonchev–Trinajstić information content (AvgIpc) is 2.67. The van der Waals surface area contributed by atoms with Gasteiger partial charge in [0.2, 0.25) is 0 Å². The summed E-state index contributed by atoms with van der Waals surface area (Å²) in [6, 6.07) is 5.11. The van der Waals surface area contributed by atoms with Crippen molar-refractivity contribution in [3.05, 3.63) is 28.2 Å². The Morgan fingerprint density at radius 1 is 1.30 bits per heavy atom. The van der Waals surface area contributed by atoms with E-state index in [0.717, 1.165) is 5.56 Å². The van der Waals surface area contributed by atoms with Crippen molar-refractivity contribution in [2.75, 3.05) is 7.11 Å². The predicted molar refractivity (Wildman–Crippen MR) is 91.3 cm³/mol. The first-order chi connectivity index (χ1) is 10.6. The molecule has 2 rings (SSSR count). The number of aromatic hydroxyl groups is 1. The lowest BCUT2D eigenvalue weighted by Crippen LogP contribution is -2.41. The highest BCUT2D eigenvalue weighted by Crippen LogP contribution is 2.42. The normalized spacial score (nSPS) is 20.3. The number of hydrogen-bond acceptors (Lipinski definition) is 5. The Morgan fingerprint density at radius 2 is 1.87 bits per heavy atom. The molecule has 1 atom stereocenters. The molecule has 0 saturated carbocycles. The summed E-state index contributed by atoms with van der Waals surface area (Å²) in [7, 11) is 0.784. The molecule has 0 spiro atoms. The molecule has 1 N–H and O–H groups in total. The van der Waals surface area contributed by atoms with Crippen LogP contribution in [0.1, 0.15) is 45.5 Å². The topological polar surface area (TPSA) is 65.0 Å². The van der Waals surface area contributed by atoms with Crippen LogP contribution in [0.5, 0.6) is 5.75 Å². The zero-order valence-corrected chi connectivity index (χ0v) is 15.6. The molecular weight excluding hydrogens is 363 g/mol. The van der Waals surface area contributed by atoms with Crippen LogP contribution in [0.2, 0.25) is 0 Å². The minimum atomic E-state index is -0.574. The van der Waals surface area contributed by atoms with Crippen LogP contribution in [-0.2, 0) is 18.8 Å². The molecule has 0 aromatic heterocycles. The Kier molecular flexibility index (Phi) is 5.13. The molecule has 23 heavy (non-hydrogen) atoms.